The van der Waals surface area contributed by atoms with Crippen LogP contribution in [-0.2, 0) is 22.3 Å². The Hall–Kier alpha value is -2.36. The Labute approximate surface area is 264 Å². The Bertz CT molecular complexity index is 1090. The molecule has 254 valence electrons. The molecule has 1 aromatic rings. The highest BCUT2D eigenvalue weighted by Gasteiger charge is 2.46. The first-order valence-electron chi connectivity index (χ1n) is 15.4. The third kappa shape index (κ3) is 9.82. The summed E-state index contributed by atoms with van der Waals surface area (Å²) in [6, 6.07) is 3.52. The molecule has 0 aliphatic carbocycles. The lowest BCUT2D eigenvalue weighted by molar-refractivity contribution is -0.313. The van der Waals surface area contributed by atoms with E-state index in [2.05, 4.69) is 12.7 Å². The number of rotatable bonds is 15. The summed E-state index contributed by atoms with van der Waals surface area (Å²) < 4.78 is 23.4. The van der Waals surface area contributed by atoms with Crippen molar-refractivity contribution in [3.05, 3.63) is 59.2 Å². The molecule has 0 aromatic heterocycles. The van der Waals surface area contributed by atoms with Crippen molar-refractivity contribution in [2.24, 2.45) is 11.8 Å². The average Bonchev–Trinajstić information content (AvgIpc) is 2.98. The minimum Gasteiger partial charge on any atom is -0.464 e. The van der Waals surface area contributed by atoms with Gasteiger partial charge in [0.15, 0.2) is 12.6 Å². The van der Waals surface area contributed by atoms with Crippen LogP contribution < -0.4 is 9.47 Å². The molecule has 0 radical (unpaired) electrons. The molecular weight excluding hydrogens is 588 g/mol. The summed E-state index contributed by atoms with van der Waals surface area (Å²) in [7, 11) is 0. The van der Waals surface area contributed by atoms with Crippen molar-refractivity contribution in [1.82, 2.24) is 0 Å². The number of aryl methyl sites for hydroxylation is 1. The minimum absolute atomic E-state index is 0.242. The monoisotopic (exact) mass is 638 g/mol. The van der Waals surface area contributed by atoms with Crippen molar-refractivity contribution in [3.8, 4) is 11.5 Å². The van der Waals surface area contributed by atoms with Crippen molar-refractivity contribution in [2.45, 2.75) is 109 Å². The fraction of sp³-hybridized carbons (Fsp3) is 0.636. The molecule has 2 unspecified atom stereocenters. The lowest BCUT2D eigenvalue weighted by Gasteiger charge is -2.41. The van der Waals surface area contributed by atoms with Crippen LogP contribution >= 0.6 is 0 Å². The second-order valence-electron chi connectivity index (χ2n) is 12.0. The van der Waals surface area contributed by atoms with Crippen molar-refractivity contribution in [2.75, 3.05) is 13.2 Å². The standard InChI is InChI=1S/C33H50O12/c1-5-6-7-11-20-14-24(42-32-22(16-34)26(36)28(38)30(40)44-32)21(13-12-19(4)10-8-9-18(2)3)25(15-20)43-33-23(17-35)27(37)29(39)31(41)45-33/h5,9,12,14-15,22-23,26-41H,1,6-8,10-11,13,16-17H2,2-4H3/b19-12+/t22-,23-,26-,27-,28+,29+,30+,31+,32?,33?/m1/s1. The summed E-state index contributed by atoms with van der Waals surface area (Å²) in [5.74, 6) is -1.71. The fourth-order valence-corrected chi connectivity index (χ4v) is 5.32. The Balaban J connectivity index is 2.09. The Morgan fingerprint density at radius 3 is 1.73 bits per heavy atom. The number of hydrogen-bond donors (Lipinski definition) is 8. The molecular formula is C33H50O12. The van der Waals surface area contributed by atoms with Crippen LogP contribution in [0.2, 0.25) is 0 Å². The highest BCUT2D eigenvalue weighted by molar-refractivity contribution is 5.50. The van der Waals surface area contributed by atoms with E-state index in [1.807, 2.05) is 26.8 Å². The lowest BCUT2D eigenvalue weighted by atomic mass is 9.94. The van der Waals surface area contributed by atoms with Crippen molar-refractivity contribution in [3.63, 3.8) is 0 Å². The molecule has 2 saturated heterocycles. The van der Waals surface area contributed by atoms with Gasteiger partial charge in [-0.25, -0.2) is 0 Å². The van der Waals surface area contributed by atoms with E-state index in [1.54, 1.807) is 18.2 Å². The number of ether oxygens (including phenoxy) is 4. The molecule has 0 saturated carbocycles. The normalized spacial score (nSPS) is 32.2. The van der Waals surface area contributed by atoms with Gasteiger partial charge in [0.2, 0.25) is 12.6 Å². The van der Waals surface area contributed by atoms with Gasteiger partial charge in [0, 0.05) is 5.56 Å². The van der Waals surface area contributed by atoms with Gasteiger partial charge in [-0.05, 0) is 77.0 Å². The van der Waals surface area contributed by atoms with E-state index >= 15 is 0 Å². The van der Waals surface area contributed by atoms with Crippen LogP contribution in [0.15, 0.2) is 48.1 Å². The predicted octanol–water partition coefficient (Wildman–Crippen LogP) is 1.20. The molecule has 2 aliphatic rings. The van der Waals surface area contributed by atoms with Crippen LogP contribution in [0.3, 0.4) is 0 Å². The van der Waals surface area contributed by atoms with Crippen LogP contribution in [0.25, 0.3) is 0 Å². The first-order valence-corrected chi connectivity index (χ1v) is 15.4. The minimum atomic E-state index is -1.77. The third-order valence-electron chi connectivity index (χ3n) is 8.16. The van der Waals surface area contributed by atoms with E-state index in [4.69, 9.17) is 18.9 Å². The van der Waals surface area contributed by atoms with Crippen LogP contribution in [-0.4, -0.2) is 104 Å². The molecule has 0 bridgehead atoms. The molecule has 8 N–H and O–H groups in total. The van der Waals surface area contributed by atoms with Gasteiger partial charge >= 0.3 is 0 Å². The Morgan fingerprint density at radius 1 is 0.778 bits per heavy atom. The van der Waals surface area contributed by atoms with E-state index in [-0.39, 0.29) is 17.9 Å². The van der Waals surface area contributed by atoms with E-state index in [9.17, 15) is 40.9 Å². The topological polar surface area (TPSA) is 199 Å². The van der Waals surface area contributed by atoms with Gasteiger partial charge in [-0.2, -0.15) is 0 Å². The number of aliphatic hydroxyl groups excluding tert-OH is 8. The van der Waals surface area contributed by atoms with Gasteiger partial charge in [0.05, 0.1) is 37.3 Å². The first kappa shape index (κ1) is 37.1. The summed E-state index contributed by atoms with van der Waals surface area (Å²) in [4.78, 5) is 0. The van der Waals surface area contributed by atoms with Crippen molar-refractivity contribution in [1.29, 1.82) is 0 Å². The van der Waals surface area contributed by atoms with Gasteiger partial charge in [0.25, 0.3) is 0 Å². The summed E-state index contributed by atoms with van der Waals surface area (Å²) in [6.07, 6.45) is -2.76. The highest BCUT2D eigenvalue weighted by Crippen LogP contribution is 2.38. The van der Waals surface area contributed by atoms with Crippen LogP contribution in [0.5, 0.6) is 11.5 Å². The van der Waals surface area contributed by atoms with Crippen LogP contribution in [0.1, 0.15) is 57.6 Å². The highest BCUT2D eigenvalue weighted by atomic mass is 16.7. The Kier molecular flexibility index (Phi) is 14.5. The van der Waals surface area contributed by atoms with Crippen molar-refractivity contribution >= 4 is 0 Å². The molecule has 45 heavy (non-hydrogen) atoms. The molecule has 12 nitrogen and oxygen atoms in total. The zero-order chi connectivity index (χ0) is 33.3. The molecule has 2 aliphatic heterocycles. The molecule has 10 atom stereocenters. The molecule has 1 aromatic carbocycles. The van der Waals surface area contributed by atoms with E-state index in [1.165, 1.54) is 5.57 Å². The number of unbranched alkanes of at least 4 members (excludes halogenated alkanes) is 1. The molecule has 3 rings (SSSR count). The maximum atomic E-state index is 10.5. The summed E-state index contributed by atoms with van der Waals surface area (Å²) in [5, 5.41) is 81.8. The molecule has 2 heterocycles. The van der Waals surface area contributed by atoms with E-state index in [0.717, 1.165) is 36.8 Å². The van der Waals surface area contributed by atoms with Crippen LogP contribution in [0.4, 0.5) is 0 Å². The summed E-state index contributed by atoms with van der Waals surface area (Å²) in [5.41, 5.74) is 3.52. The zero-order valence-corrected chi connectivity index (χ0v) is 26.2. The van der Waals surface area contributed by atoms with Crippen molar-refractivity contribution < 1.29 is 59.8 Å². The maximum absolute atomic E-state index is 10.5. The number of hydrogen-bond acceptors (Lipinski definition) is 12. The molecule has 2 fully saturated rings. The van der Waals surface area contributed by atoms with Gasteiger partial charge in [-0.15, -0.1) is 6.58 Å². The largest absolute Gasteiger partial charge is 0.464 e. The number of aliphatic hydroxyl groups is 8. The van der Waals surface area contributed by atoms with E-state index in [0.29, 0.717) is 12.0 Å². The number of allylic oxidation sites excluding steroid dienone is 5. The summed E-state index contributed by atoms with van der Waals surface area (Å²) in [6.45, 7) is 8.60. The second-order valence-corrected chi connectivity index (χ2v) is 12.0. The third-order valence-corrected chi connectivity index (χ3v) is 8.16. The van der Waals surface area contributed by atoms with E-state index < -0.39 is 74.6 Å². The maximum Gasteiger partial charge on any atom is 0.210 e. The zero-order valence-electron chi connectivity index (χ0n) is 26.2. The molecule has 0 amide bonds. The summed E-state index contributed by atoms with van der Waals surface area (Å²) >= 11 is 0. The van der Waals surface area contributed by atoms with Crippen LogP contribution in [0, 0.1) is 11.8 Å². The number of benzene rings is 1. The van der Waals surface area contributed by atoms with Gasteiger partial charge in [-0.3, -0.25) is 0 Å². The SMILES string of the molecule is C=CCCCc1cc(OC2O[C@H](O)[C@@H](O)[C@H](O)[C@H]2CO)c(C/C=C(\C)CCC=C(C)C)c(OC2O[C@H](O)[C@@H](O)[C@H](O)[C@H]2CO)c1. The Morgan fingerprint density at radius 2 is 1.29 bits per heavy atom. The van der Waals surface area contributed by atoms with Gasteiger partial charge < -0.3 is 59.8 Å². The average molecular weight is 639 g/mol. The quantitative estimate of drug-likeness (QED) is 0.101. The smallest absolute Gasteiger partial charge is 0.210 e. The first-order chi connectivity index (χ1) is 21.4. The predicted molar refractivity (Wildman–Crippen MR) is 164 cm³/mol. The lowest BCUT2D eigenvalue weighted by Crippen LogP contribution is -2.57. The van der Waals surface area contributed by atoms with Gasteiger partial charge in [-0.1, -0.05) is 29.4 Å². The second kappa shape index (κ2) is 17.5. The molecule has 12 heteroatoms. The fourth-order valence-electron chi connectivity index (χ4n) is 5.32. The molecule has 0 spiro atoms. The van der Waals surface area contributed by atoms with Gasteiger partial charge in [0.1, 0.15) is 23.7 Å².